The normalized spacial score (nSPS) is 14.5. The Kier molecular flexibility index (Phi) is 6.25. The minimum atomic E-state index is -0.128. The van der Waals surface area contributed by atoms with Crippen LogP contribution in [-0.2, 0) is 16.1 Å². The van der Waals surface area contributed by atoms with E-state index in [1.54, 1.807) is 4.68 Å². The second kappa shape index (κ2) is 9.08. The number of nitrogens with zero attached hydrogens (tertiary/aromatic N) is 4. The topological polar surface area (TPSA) is 69.5 Å². The van der Waals surface area contributed by atoms with Crippen molar-refractivity contribution in [3.05, 3.63) is 59.2 Å². The lowest BCUT2D eigenvalue weighted by Gasteiger charge is -2.37. The first kappa shape index (κ1) is 21.3. The second-order valence-corrected chi connectivity index (χ2v) is 8.35. The third-order valence-electron chi connectivity index (χ3n) is 5.18. The van der Waals surface area contributed by atoms with Gasteiger partial charge in [0.1, 0.15) is 11.4 Å². The number of likely N-dealkylation sites (tertiary alicyclic amines) is 1. The number of rotatable bonds is 7. The third kappa shape index (κ3) is 4.89. The molecule has 0 spiro atoms. The maximum Gasteiger partial charge on any atom is 0.311 e. The molecular weight excluding hydrogens is 416 g/mol. The highest BCUT2D eigenvalue weighted by Gasteiger charge is 2.33. The van der Waals surface area contributed by atoms with Crippen LogP contribution in [0.15, 0.2) is 48.7 Å². The van der Waals surface area contributed by atoms with Gasteiger partial charge < -0.3 is 9.47 Å². The van der Waals surface area contributed by atoms with Crippen LogP contribution in [0.1, 0.15) is 19.4 Å². The number of hydrogen-bond donors (Lipinski definition) is 0. The molecule has 0 amide bonds. The van der Waals surface area contributed by atoms with Gasteiger partial charge in [0.05, 0.1) is 36.0 Å². The molecule has 1 saturated heterocycles. The molecule has 31 heavy (non-hydrogen) atoms. The van der Waals surface area contributed by atoms with Gasteiger partial charge in [-0.3, -0.25) is 9.69 Å². The molecule has 1 aliphatic heterocycles. The van der Waals surface area contributed by atoms with Gasteiger partial charge in [-0.15, -0.1) is 5.10 Å². The van der Waals surface area contributed by atoms with Crippen molar-refractivity contribution in [2.45, 2.75) is 26.5 Å². The van der Waals surface area contributed by atoms with Crippen molar-refractivity contribution in [3.63, 3.8) is 0 Å². The summed E-state index contributed by atoms with van der Waals surface area (Å²) in [5, 5.41) is 9.08. The zero-order valence-corrected chi connectivity index (χ0v) is 18.5. The van der Waals surface area contributed by atoms with Crippen molar-refractivity contribution < 1.29 is 14.3 Å². The SMILES string of the molecule is COC(=O)C1CN(Cc2ccc(-n3cc(-c4ccc(OC(C)C)c(Cl)c4)nn3)cc2)C1. The van der Waals surface area contributed by atoms with Crippen molar-refractivity contribution >= 4 is 17.6 Å². The zero-order chi connectivity index (χ0) is 22.0. The number of benzene rings is 2. The summed E-state index contributed by atoms with van der Waals surface area (Å²) in [6.07, 6.45) is 1.93. The fourth-order valence-electron chi connectivity index (χ4n) is 3.56. The van der Waals surface area contributed by atoms with Gasteiger partial charge in [0.2, 0.25) is 0 Å². The second-order valence-electron chi connectivity index (χ2n) is 7.94. The van der Waals surface area contributed by atoms with E-state index in [0.29, 0.717) is 10.8 Å². The summed E-state index contributed by atoms with van der Waals surface area (Å²) in [5.74, 6) is 0.526. The molecule has 8 heteroatoms. The smallest absolute Gasteiger partial charge is 0.311 e. The lowest BCUT2D eigenvalue weighted by atomic mass is 9.99. The molecule has 2 heterocycles. The highest BCUT2D eigenvalue weighted by molar-refractivity contribution is 6.32. The Balaban J connectivity index is 1.40. The fourth-order valence-corrected chi connectivity index (χ4v) is 3.78. The number of carbonyl (C=O) groups is 1. The first-order chi connectivity index (χ1) is 14.9. The fraction of sp³-hybridized carbons (Fsp3) is 0.348. The van der Waals surface area contributed by atoms with Crippen molar-refractivity contribution in [3.8, 4) is 22.7 Å². The summed E-state index contributed by atoms with van der Waals surface area (Å²) < 4.78 is 12.2. The predicted octanol–water partition coefficient (Wildman–Crippen LogP) is 3.98. The molecule has 4 rings (SSSR count). The number of esters is 1. The number of halogens is 1. The van der Waals surface area contributed by atoms with Crippen LogP contribution in [0.25, 0.3) is 16.9 Å². The first-order valence-corrected chi connectivity index (χ1v) is 10.6. The average molecular weight is 441 g/mol. The standard InChI is InChI=1S/C23H25ClN4O3/c1-15(2)31-22-9-6-17(10-20(22)24)21-14-28(26-25-21)19-7-4-16(5-8-19)11-27-12-18(13-27)23(29)30-3/h4-10,14-15,18H,11-13H2,1-3H3. The van der Waals surface area contributed by atoms with E-state index >= 15 is 0 Å². The number of aromatic nitrogens is 3. The lowest BCUT2D eigenvalue weighted by molar-refractivity contribution is -0.151. The molecule has 3 aromatic rings. The summed E-state index contributed by atoms with van der Waals surface area (Å²) in [6, 6.07) is 13.8. The van der Waals surface area contributed by atoms with Crippen molar-refractivity contribution in [1.29, 1.82) is 0 Å². The van der Waals surface area contributed by atoms with Gasteiger partial charge in [-0.25, -0.2) is 4.68 Å². The average Bonchev–Trinajstić information content (AvgIpc) is 3.22. The molecule has 162 valence electrons. The molecular formula is C23H25ClN4O3. The Morgan fingerprint density at radius 1 is 1.19 bits per heavy atom. The molecule has 0 aliphatic carbocycles. The van der Waals surface area contributed by atoms with Crippen LogP contribution in [0.5, 0.6) is 5.75 Å². The maximum absolute atomic E-state index is 11.5. The first-order valence-electron chi connectivity index (χ1n) is 10.2. The molecule has 1 fully saturated rings. The van der Waals surface area contributed by atoms with E-state index < -0.39 is 0 Å². The van der Waals surface area contributed by atoms with Gasteiger partial charge in [-0.05, 0) is 49.7 Å². The summed E-state index contributed by atoms with van der Waals surface area (Å²) in [5.41, 5.74) is 3.71. The van der Waals surface area contributed by atoms with Crippen LogP contribution < -0.4 is 4.74 Å². The van der Waals surface area contributed by atoms with Crippen molar-refractivity contribution in [1.82, 2.24) is 19.9 Å². The lowest BCUT2D eigenvalue weighted by Crippen LogP contribution is -2.49. The molecule has 0 radical (unpaired) electrons. The van der Waals surface area contributed by atoms with Crippen LogP contribution in [-0.4, -0.2) is 52.2 Å². The van der Waals surface area contributed by atoms with Crippen LogP contribution in [0.4, 0.5) is 0 Å². The zero-order valence-electron chi connectivity index (χ0n) is 17.8. The molecule has 0 saturated carbocycles. The Hall–Kier alpha value is -2.90. The molecule has 0 unspecified atom stereocenters. The number of hydrogen-bond acceptors (Lipinski definition) is 6. The largest absolute Gasteiger partial charge is 0.489 e. The Bertz CT molecular complexity index is 1060. The summed E-state index contributed by atoms with van der Waals surface area (Å²) >= 11 is 6.35. The molecule has 1 aliphatic rings. The summed E-state index contributed by atoms with van der Waals surface area (Å²) in [7, 11) is 1.43. The molecule has 0 atom stereocenters. The van der Waals surface area contributed by atoms with Crippen LogP contribution >= 0.6 is 11.6 Å². The predicted molar refractivity (Wildman–Crippen MR) is 118 cm³/mol. The highest BCUT2D eigenvalue weighted by Crippen LogP contribution is 2.30. The van der Waals surface area contributed by atoms with Crippen molar-refractivity contribution in [2.75, 3.05) is 20.2 Å². The quantitative estimate of drug-likeness (QED) is 0.517. The monoisotopic (exact) mass is 440 g/mol. The van der Waals surface area contributed by atoms with E-state index in [1.807, 2.05) is 50.4 Å². The number of ether oxygens (including phenoxy) is 2. The van der Waals surface area contributed by atoms with Crippen LogP contribution in [0.2, 0.25) is 5.02 Å². The minimum absolute atomic E-state index is 0.00246. The van der Waals surface area contributed by atoms with Gasteiger partial charge in [0, 0.05) is 25.2 Å². The van der Waals surface area contributed by atoms with Gasteiger partial charge in [0.15, 0.2) is 0 Å². The minimum Gasteiger partial charge on any atom is -0.489 e. The Labute approximate surface area is 186 Å². The summed E-state index contributed by atoms with van der Waals surface area (Å²) in [4.78, 5) is 13.7. The molecule has 0 bridgehead atoms. The number of carbonyl (C=O) groups excluding carboxylic acids is 1. The van der Waals surface area contributed by atoms with Crippen molar-refractivity contribution in [2.24, 2.45) is 5.92 Å². The van der Waals surface area contributed by atoms with Gasteiger partial charge in [-0.1, -0.05) is 28.9 Å². The van der Waals surface area contributed by atoms with Gasteiger partial charge in [-0.2, -0.15) is 0 Å². The highest BCUT2D eigenvalue weighted by atomic mass is 35.5. The van der Waals surface area contributed by atoms with E-state index in [0.717, 1.165) is 36.6 Å². The molecule has 1 aromatic heterocycles. The van der Waals surface area contributed by atoms with E-state index in [4.69, 9.17) is 21.1 Å². The van der Waals surface area contributed by atoms with E-state index in [2.05, 4.69) is 27.3 Å². The van der Waals surface area contributed by atoms with Gasteiger partial charge >= 0.3 is 5.97 Å². The Morgan fingerprint density at radius 3 is 2.58 bits per heavy atom. The molecule has 7 nitrogen and oxygen atoms in total. The van der Waals surface area contributed by atoms with Crippen LogP contribution in [0, 0.1) is 5.92 Å². The molecule has 0 N–H and O–H groups in total. The number of methoxy groups -OCH3 is 1. The van der Waals surface area contributed by atoms with E-state index in [1.165, 1.54) is 12.7 Å². The Morgan fingerprint density at radius 2 is 1.94 bits per heavy atom. The third-order valence-corrected chi connectivity index (χ3v) is 5.48. The van der Waals surface area contributed by atoms with E-state index in [9.17, 15) is 4.79 Å². The maximum atomic E-state index is 11.5. The molecule has 2 aromatic carbocycles. The van der Waals surface area contributed by atoms with Gasteiger partial charge in [0.25, 0.3) is 0 Å². The summed E-state index contributed by atoms with van der Waals surface area (Å²) in [6.45, 7) is 6.21. The van der Waals surface area contributed by atoms with Crippen LogP contribution in [0.3, 0.4) is 0 Å². The van der Waals surface area contributed by atoms with E-state index in [-0.39, 0.29) is 18.0 Å².